The van der Waals surface area contributed by atoms with E-state index in [0.29, 0.717) is 24.5 Å². The van der Waals surface area contributed by atoms with Crippen LogP contribution >= 0.6 is 11.6 Å². The van der Waals surface area contributed by atoms with E-state index in [0.717, 1.165) is 24.1 Å². The van der Waals surface area contributed by atoms with E-state index in [4.69, 9.17) is 11.6 Å². The van der Waals surface area contributed by atoms with Crippen molar-refractivity contribution in [2.24, 2.45) is 0 Å². The van der Waals surface area contributed by atoms with Gasteiger partial charge in [-0.05, 0) is 48.6 Å². The van der Waals surface area contributed by atoms with Crippen LogP contribution in [0.4, 0.5) is 5.69 Å². The normalized spacial score (nSPS) is 13.2. The predicted octanol–water partition coefficient (Wildman–Crippen LogP) is 3.37. The first-order valence-corrected chi connectivity index (χ1v) is 8.91. The zero-order valence-corrected chi connectivity index (χ0v) is 14.8. The molecular formula is C20H21ClN2O2. The van der Waals surface area contributed by atoms with Crippen molar-refractivity contribution in [3.05, 3.63) is 64.7 Å². The molecule has 4 nitrogen and oxygen atoms in total. The van der Waals surface area contributed by atoms with E-state index in [9.17, 15) is 9.59 Å². The molecule has 0 atom stereocenters. The fraction of sp³-hybridized carbons (Fsp3) is 0.300. The molecule has 0 saturated carbocycles. The molecule has 0 bridgehead atoms. The molecule has 1 aliphatic heterocycles. The third-order valence-electron chi connectivity index (χ3n) is 4.37. The summed E-state index contributed by atoms with van der Waals surface area (Å²) in [6, 6.07) is 15.4. The van der Waals surface area contributed by atoms with E-state index >= 15 is 0 Å². The quantitative estimate of drug-likeness (QED) is 0.835. The minimum Gasteiger partial charge on any atom is -0.355 e. The maximum Gasteiger partial charge on any atom is 0.236 e. The number of para-hydroxylation sites is 1. The van der Waals surface area contributed by atoms with Crippen LogP contribution in [0.1, 0.15) is 24.0 Å². The van der Waals surface area contributed by atoms with Crippen LogP contribution in [-0.2, 0) is 22.4 Å². The van der Waals surface area contributed by atoms with Gasteiger partial charge in [0.15, 0.2) is 0 Å². The summed E-state index contributed by atoms with van der Waals surface area (Å²) in [6.45, 7) is 1.18. The summed E-state index contributed by atoms with van der Waals surface area (Å²) >= 11 is 5.85. The van der Waals surface area contributed by atoms with Crippen LogP contribution < -0.4 is 10.2 Å². The minimum atomic E-state index is -0.234. The van der Waals surface area contributed by atoms with Crippen molar-refractivity contribution in [2.75, 3.05) is 18.0 Å². The molecule has 0 fully saturated rings. The van der Waals surface area contributed by atoms with Crippen molar-refractivity contribution in [1.82, 2.24) is 5.32 Å². The van der Waals surface area contributed by atoms with Gasteiger partial charge in [0.05, 0.1) is 0 Å². The number of halogens is 1. The molecule has 0 aromatic heterocycles. The first kappa shape index (κ1) is 17.5. The van der Waals surface area contributed by atoms with E-state index in [-0.39, 0.29) is 18.2 Å². The van der Waals surface area contributed by atoms with Crippen LogP contribution in [0.25, 0.3) is 0 Å². The van der Waals surface area contributed by atoms with Gasteiger partial charge in [-0.25, -0.2) is 0 Å². The van der Waals surface area contributed by atoms with Gasteiger partial charge in [-0.1, -0.05) is 41.9 Å². The van der Waals surface area contributed by atoms with Gasteiger partial charge < -0.3 is 10.2 Å². The molecular weight excluding hydrogens is 336 g/mol. The molecule has 130 valence electrons. The molecule has 1 heterocycles. The second kappa shape index (κ2) is 8.17. The van der Waals surface area contributed by atoms with Gasteiger partial charge in [-0.15, -0.1) is 0 Å². The van der Waals surface area contributed by atoms with E-state index in [1.165, 1.54) is 5.56 Å². The second-order valence-corrected chi connectivity index (χ2v) is 6.62. The molecule has 0 spiro atoms. The third kappa shape index (κ3) is 4.60. The summed E-state index contributed by atoms with van der Waals surface area (Å²) in [7, 11) is 0. The van der Waals surface area contributed by atoms with E-state index in [1.807, 2.05) is 48.5 Å². The first-order valence-electron chi connectivity index (χ1n) is 8.53. The zero-order chi connectivity index (χ0) is 17.6. The molecule has 2 amide bonds. The molecule has 1 aliphatic rings. The fourth-order valence-electron chi connectivity index (χ4n) is 3.09. The predicted molar refractivity (Wildman–Crippen MR) is 99.9 cm³/mol. The second-order valence-electron chi connectivity index (χ2n) is 6.18. The van der Waals surface area contributed by atoms with Crippen molar-refractivity contribution in [3.8, 4) is 0 Å². The van der Waals surface area contributed by atoms with E-state index < -0.39 is 0 Å². The largest absolute Gasteiger partial charge is 0.355 e. The number of hydrogen-bond donors (Lipinski definition) is 1. The molecule has 0 aliphatic carbocycles. The number of nitrogens with one attached hydrogen (secondary N) is 1. The van der Waals surface area contributed by atoms with Crippen LogP contribution in [0.3, 0.4) is 0 Å². The summed E-state index contributed by atoms with van der Waals surface area (Å²) in [5.41, 5.74) is 3.21. The fourth-order valence-corrected chi connectivity index (χ4v) is 3.21. The Hall–Kier alpha value is -2.33. The Bertz CT molecular complexity index is 759. The SMILES string of the molecule is O=C(CC(=O)N1CCCc2ccccc21)NCCc1ccc(Cl)cc1. The number of aryl methyl sites for hydroxylation is 1. The Labute approximate surface area is 152 Å². The Balaban J connectivity index is 1.50. The summed E-state index contributed by atoms with van der Waals surface area (Å²) in [5.74, 6) is -0.377. The van der Waals surface area contributed by atoms with Crippen molar-refractivity contribution in [2.45, 2.75) is 25.7 Å². The highest BCUT2D eigenvalue weighted by atomic mass is 35.5. The lowest BCUT2D eigenvalue weighted by Gasteiger charge is -2.29. The minimum absolute atomic E-state index is 0.116. The summed E-state index contributed by atoms with van der Waals surface area (Å²) in [6.07, 6.45) is 2.51. The summed E-state index contributed by atoms with van der Waals surface area (Å²) in [5, 5.41) is 3.51. The van der Waals surface area contributed by atoms with Crippen LogP contribution in [0.15, 0.2) is 48.5 Å². The number of nitrogens with zero attached hydrogens (tertiary/aromatic N) is 1. The first-order chi connectivity index (χ1) is 12.1. The molecule has 0 radical (unpaired) electrons. The number of carbonyl (C=O) groups excluding carboxylic acids is 2. The van der Waals surface area contributed by atoms with Gasteiger partial charge in [0, 0.05) is 23.8 Å². The van der Waals surface area contributed by atoms with Crippen molar-refractivity contribution < 1.29 is 9.59 Å². The number of carbonyl (C=O) groups is 2. The Kier molecular flexibility index (Phi) is 5.71. The van der Waals surface area contributed by atoms with Gasteiger partial charge >= 0.3 is 0 Å². The van der Waals surface area contributed by atoms with Crippen molar-refractivity contribution >= 4 is 29.1 Å². The average Bonchev–Trinajstić information content (AvgIpc) is 2.63. The highest BCUT2D eigenvalue weighted by molar-refractivity contribution is 6.30. The summed E-state index contributed by atoms with van der Waals surface area (Å²) in [4.78, 5) is 26.3. The van der Waals surface area contributed by atoms with Gasteiger partial charge in [-0.3, -0.25) is 9.59 Å². The van der Waals surface area contributed by atoms with Gasteiger partial charge in [-0.2, -0.15) is 0 Å². The number of anilines is 1. The lowest BCUT2D eigenvalue weighted by Crippen LogP contribution is -2.39. The number of hydrogen-bond acceptors (Lipinski definition) is 2. The lowest BCUT2D eigenvalue weighted by atomic mass is 10.0. The van der Waals surface area contributed by atoms with E-state index in [2.05, 4.69) is 5.32 Å². The third-order valence-corrected chi connectivity index (χ3v) is 4.62. The number of benzene rings is 2. The molecule has 2 aromatic carbocycles. The molecule has 2 aromatic rings. The molecule has 25 heavy (non-hydrogen) atoms. The topological polar surface area (TPSA) is 49.4 Å². The molecule has 0 saturated heterocycles. The van der Waals surface area contributed by atoms with E-state index in [1.54, 1.807) is 4.90 Å². The molecule has 1 N–H and O–H groups in total. The molecule has 0 unspecified atom stereocenters. The lowest BCUT2D eigenvalue weighted by molar-refractivity contribution is -0.127. The van der Waals surface area contributed by atoms with Gasteiger partial charge in [0.1, 0.15) is 6.42 Å². The smallest absolute Gasteiger partial charge is 0.236 e. The van der Waals surface area contributed by atoms with Crippen LogP contribution in [-0.4, -0.2) is 24.9 Å². The monoisotopic (exact) mass is 356 g/mol. The average molecular weight is 357 g/mol. The summed E-state index contributed by atoms with van der Waals surface area (Å²) < 4.78 is 0. The number of amides is 2. The Morgan fingerprint density at radius 3 is 2.64 bits per heavy atom. The highest BCUT2D eigenvalue weighted by Gasteiger charge is 2.23. The van der Waals surface area contributed by atoms with Crippen molar-refractivity contribution in [3.63, 3.8) is 0 Å². The van der Waals surface area contributed by atoms with Crippen LogP contribution in [0, 0.1) is 0 Å². The molecule has 5 heteroatoms. The Morgan fingerprint density at radius 1 is 1.08 bits per heavy atom. The maximum absolute atomic E-state index is 12.5. The van der Waals surface area contributed by atoms with Gasteiger partial charge in [0.25, 0.3) is 0 Å². The van der Waals surface area contributed by atoms with Crippen LogP contribution in [0.5, 0.6) is 0 Å². The zero-order valence-electron chi connectivity index (χ0n) is 14.0. The highest BCUT2D eigenvalue weighted by Crippen LogP contribution is 2.27. The number of fused-ring (bicyclic) bond motifs is 1. The van der Waals surface area contributed by atoms with Crippen LogP contribution in [0.2, 0.25) is 5.02 Å². The van der Waals surface area contributed by atoms with Crippen molar-refractivity contribution in [1.29, 1.82) is 0 Å². The Morgan fingerprint density at radius 2 is 1.84 bits per heavy atom. The maximum atomic E-state index is 12.5. The van der Waals surface area contributed by atoms with Gasteiger partial charge in [0.2, 0.25) is 11.8 Å². The molecule has 3 rings (SSSR count). The number of rotatable bonds is 5. The standard InChI is InChI=1S/C20H21ClN2O2/c21-17-9-7-15(8-10-17)11-12-22-19(24)14-20(25)23-13-3-5-16-4-1-2-6-18(16)23/h1-2,4,6-10H,3,5,11-14H2,(H,22,24).